The minimum absolute atomic E-state index is 0.0897. The lowest BCUT2D eigenvalue weighted by Crippen LogP contribution is -2.34. The van der Waals surface area contributed by atoms with Crippen LogP contribution in [0.4, 0.5) is 15.4 Å². The van der Waals surface area contributed by atoms with E-state index in [0.717, 1.165) is 25.0 Å². The Bertz CT molecular complexity index is 650. The molecule has 0 aromatic carbocycles. The zero-order valence-electron chi connectivity index (χ0n) is 16.2. The van der Waals surface area contributed by atoms with E-state index in [0.29, 0.717) is 12.2 Å². The predicted octanol–water partition coefficient (Wildman–Crippen LogP) is 3.89. The summed E-state index contributed by atoms with van der Waals surface area (Å²) in [5.74, 6) is 0.605. The van der Waals surface area contributed by atoms with Gasteiger partial charge in [0.25, 0.3) is 0 Å². The molecular weight excluding hydrogens is 336 g/mol. The summed E-state index contributed by atoms with van der Waals surface area (Å²) >= 11 is 0. The summed E-state index contributed by atoms with van der Waals surface area (Å²) in [4.78, 5) is 22.9. The molecule has 8 nitrogen and oxygen atoms in total. The van der Waals surface area contributed by atoms with Gasteiger partial charge in [-0.25, -0.2) is 14.3 Å². The van der Waals surface area contributed by atoms with Gasteiger partial charge >= 0.3 is 12.2 Å². The van der Waals surface area contributed by atoms with Gasteiger partial charge in [-0.1, -0.05) is 6.92 Å². The molecule has 2 rings (SSSR count). The number of alkyl carbamates (subject to hydrolysis) is 1. The lowest BCUT2D eigenvalue weighted by Gasteiger charge is -2.22. The zero-order chi connectivity index (χ0) is 19.5. The third-order valence-electron chi connectivity index (χ3n) is 4.65. The molecule has 1 fully saturated rings. The molecule has 2 amide bonds. The van der Waals surface area contributed by atoms with E-state index in [2.05, 4.69) is 15.7 Å². The van der Waals surface area contributed by atoms with Crippen LogP contribution in [0, 0.1) is 0 Å². The number of carbonyl (C=O) groups is 2. The van der Waals surface area contributed by atoms with Gasteiger partial charge in [0.2, 0.25) is 0 Å². The maximum absolute atomic E-state index is 11.9. The van der Waals surface area contributed by atoms with E-state index >= 15 is 0 Å². The van der Waals surface area contributed by atoms with Gasteiger partial charge in [-0.3, -0.25) is 5.32 Å². The van der Waals surface area contributed by atoms with Crippen LogP contribution in [0.5, 0.6) is 0 Å². The highest BCUT2D eigenvalue weighted by Gasteiger charge is 2.32. The molecule has 0 bridgehead atoms. The van der Waals surface area contributed by atoms with Crippen molar-refractivity contribution in [1.29, 1.82) is 0 Å². The van der Waals surface area contributed by atoms with Gasteiger partial charge < -0.3 is 15.2 Å². The van der Waals surface area contributed by atoms with Crippen molar-refractivity contribution in [2.45, 2.75) is 83.9 Å². The zero-order valence-corrected chi connectivity index (χ0v) is 16.2. The molecule has 1 saturated carbocycles. The molecular formula is C18H30N4O4. The van der Waals surface area contributed by atoms with Gasteiger partial charge in [0, 0.05) is 18.0 Å². The second kappa shape index (κ2) is 7.97. The van der Waals surface area contributed by atoms with Gasteiger partial charge in [0.1, 0.15) is 11.9 Å². The quantitative estimate of drug-likeness (QED) is 0.733. The second-order valence-corrected chi connectivity index (χ2v) is 7.96. The molecule has 0 aliphatic heterocycles. The summed E-state index contributed by atoms with van der Waals surface area (Å²) in [5.41, 5.74) is 0.484. The molecule has 1 unspecified atom stereocenters. The molecule has 1 aromatic rings. The smallest absolute Gasteiger partial charge is 0.410 e. The van der Waals surface area contributed by atoms with Gasteiger partial charge in [0.05, 0.1) is 11.2 Å². The van der Waals surface area contributed by atoms with Crippen LogP contribution in [0.3, 0.4) is 0 Å². The van der Waals surface area contributed by atoms with Gasteiger partial charge in [-0.05, 0) is 53.4 Å². The maximum Gasteiger partial charge on any atom is 0.410 e. The fourth-order valence-corrected chi connectivity index (χ4v) is 3.11. The van der Waals surface area contributed by atoms with Crippen molar-refractivity contribution in [3.05, 3.63) is 11.8 Å². The Morgan fingerprint density at radius 3 is 2.69 bits per heavy atom. The number of amides is 2. The monoisotopic (exact) mass is 366 g/mol. The number of aromatic nitrogens is 2. The first-order valence-electron chi connectivity index (χ1n) is 9.17. The molecule has 0 spiro atoms. The number of hydrogen-bond acceptors (Lipinski definition) is 4. The Kier molecular flexibility index (Phi) is 6.15. The lowest BCUT2D eigenvalue weighted by molar-refractivity contribution is 0.0974. The Balaban J connectivity index is 2.05. The molecule has 8 heteroatoms. The molecule has 3 N–H and O–H groups in total. The summed E-state index contributed by atoms with van der Waals surface area (Å²) in [6.45, 7) is 9.85. The van der Waals surface area contributed by atoms with Gasteiger partial charge in [-0.2, -0.15) is 5.10 Å². The highest BCUT2D eigenvalue weighted by molar-refractivity contribution is 5.81. The van der Waals surface area contributed by atoms with Crippen LogP contribution < -0.4 is 10.6 Å². The van der Waals surface area contributed by atoms with Crippen molar-refractivity contribution in [2.24, 2.45) is 0 Å². The number of carbonyl (C=O) groups excluding carboxylic acids is 1. The number of nitrogens with one attached hydrogen (secondary N) is 2. The molecule has 1 aliphatic rings. The first-order valence-corrected chi connectivity index (χ1v) is 9.17. The van der Waals surface area contributed by atoms with E-state index in [-0.39, 0.29) is 29.7 Å². The SMILES string of the molecule is CCC(C)NC(=O)O[C@@H]1CC[C@H](c2cc(NC(=O)O)n(C(C)(C)C)n2)C1. The number of anilines is 1. The minimum Gasteiger partial charge on any atom is -0.465 e. The van der Waals surface area contributed by atoms with E-state index in [1.807, 2.05) is 34.6 Å². The van der Waals surface area contributed by atoms with Crippen LogP contribution in [0.15, 0.2) is 6.07 Å². The highest BCUT2D eigenvalue weighted by atomic mass is 16.6. The summed E-state index contributed by atoms with van der Waals surface area (Å²) < 4.78 is 7.20. The number of rotatable bonds is 5. The van der Waals surface area contributed by atoms with Crippen LogP contribution in [0.1, 0.15) is 71.9 Å². The van der Waals surface area contributed by atoms with E-state index in [1.54, 1.807) is 10.7 Å². The van der Waals surface area contributed by atoms with Crippen molar-refractivity contribution in [3.63, 3.8) is 0 Å². The minimum atomic E-state index is -1.11. The predicted molar refractivity (Wildman–Crippen MR) is 98.6 cm³/mol. The topological polar surface area (TPSA) is 105 Å². The molecule has 1 aromatic heterocycles. The van der Waals surface area contributed by atoms with Crippen LogP contribution in [-0.4, -0.2) is 39.2 Å². The second-order valence-electron chi connectivity index (χ2n) is 7.96. The van der Waals surface area contributed by atoms with E-state index < -0.39 is 6.09 Å². The largest absolute Gasteiger partial charge is 0.465 e. The molecule has 3 atom stereocenters. The van der Waals surface area contributed by atoms with Crippen molar-refractivity contribution >= 4 is 18.0 Å². The summed E-state index contributed by atoms with van der Waals surface area (Å²) in [6, 6.07) is 1.87. The van der Waals surface area contributed by atoms with Crippen LogP contribution in [-0.2, 0) is 10.3 Å². The average Bonchev–Trinajstić information content (AvgIpc) is 3.12. The van der Waals surface area contributed by atoms with Crippen molar-refractivity contribution < 1.29 is 19.4 Å². The lowest BCUT2D eigenvalue weighted by atomic mass is 10.0. The Hall–Kier alpha value is -2.25. The first kappa shape index (κ1) is 20.1. The summed E-state index contributed by atoms with van der Waals surface area (Å²) in [5, 5.41) is 18.9. The van der Waals surface area contributed by atoms with E-state index in [1.165, 1.54) is 0 Å². The average molecular weight is 366 g/mol. The van der Waals surface area contributed by atoms with Gasteiger partial charge in [0.15, 0.2) is 0 Å². The van der Waals surface area contributed by atoms with Crippen LogP contribution >= 0.6 is 0 Å². The van der Waals surface area contributed by atoms with E-state index in [9.17, 15) is 9.59 Å². The molecule has 0 saturated heterocycles. The van der Waals surface area contributed by atoms with Crippen LogP contribution in [0.2, 0.25) is 0 Å². The number of nitrogens with zero attached hydrogens (tertiary/aromatic N) is 2. The third-order valence-corrected chi connectivity index (χ3v) is 4.65. The van der Waals surface area contributed by atoms with Gasteiger partial charge in [-0.15, -0.1) is 0 Å². The standard InChI is InChI=1S/C18H30N4O4/c1-6-11(2)19-17(25)26-13-8-7-12(9-13)14-10-15(20-16(23)24)22(21-14)18(3,4)5/h10-13,20H,6-9H2,1-5H3,(H,19,25)(H,23,24)/t11?,12-,13+/m0/s1. The fourth-order valence-electron chi connectivity index (χ4n) is 3.11. The third kappa shape index (κ3) is 5.12. The molecule has 0 radical (unpaired) electrons. The Morgan fingerprint density at radius 2 is 2.12 bits per heavy atom. The maximum atomic E-state index is 11.9. The number of hydrogen-bond donors (Lipinski definition) is 3. The molecule has 1 aliphatic carbocycles. The number of ether oxygens (including phenoxy) is 1. The first-order chi connectivity index (χ1) is 12.1. The normalized spacial score (nSPS) is 21.3. The summed E-state index contributed by atoms with van der Waals surface area (Å²) in [6.07, 6.45) is 1.56. The highest BCUT2D eigenvalue weighted by Crippen LogP contribution is 2.37. The molecule has 146 valence electrons. The fraction of sp³-hybridized carbons (Fsp3) is 0.722. The molecule has 26 heavy (non-hydrogen) atoms. The molecule has 1 heterocycles. The van der Waals surface area contributed by atoms with E-state index in [4.69, 9.17) is 9.84 Å². The van der Waals surface area contributed by atoms with Crippen molar-refractivity contribution in [2.75, 3.05) is 5.32 Å². The summed E-state index contributed by atoms with van der Waals surface area (Å²) in [7, 11) is 0. The van der Waals surface area contributed by atoms with Crippen LogP contribution in [0.25, 0.3) is 0 Å². The Morgan fingerprint density at radius 1 is 1.42 bits per heavy atom. The van der Waals surface area contributed by atoms with Crippen molar-refractivity contribution in [1.82, 2.24) is 15.1 Å². The number of carboxylic acid groups (broad SMARTS) is 1. The van der Waals surface area contributed by atoms with Crippen molar-refractivity contribution in [3.8, 4) is 0 Å². The Labute approximate surface area is 154 Å².